The van der Waals surface area contributed by atoms with E-state index in [0.29, 0.717) is 6.04 Å². The number of ether oxygens (including phenoxy) is 1. The third-order valence-electron chi connectivity index (χ3n) is 3.99. The topological polar surface area (TPSA) is 41.6 Å². The number of carbonyl (C=O) groups excluding carboxylic acids is 1. The number of nitrogens with one attached hydrogen (secondary N) is 1. The van der Waals surface area contributed by atoms with E-state index in [0.717, 1.165) is 32.5 Å². The first-order chi connectivity index (χ1) is 9.31. The van der Waals surface area contributed by atoms with Gasteiger partial charge in [-0.15, -0.1) is 11.3 Å². The Hall–Kier alpha value is -0.910. The molecule has 19 heavy (non-hydrogen) atoms. The van der Waals surface area contributed by atoms with Gasteiger partial charge in [-0.25, -0.2) is 0 Å². The lowest BCUT2D eigenvalue weighted by Crippen LogP contribution is -2.43. The van der Waals surface area contributed by atoms with E-state index in [1.165, 1.54) is 4.88 Å². The number of hydrogen-bond donors (Lipinski definition) is 1. The Bertz CT molecular complexity index is 429. The highest BCUT2D eigenvalue weighted by Crippen LogP contribution is 2.33. The number of rotatable bonds is 3. The van der Waals surface area contributed by atoms with Crippen molar-refractivity contribution in [2.24, 2.45) is 0 Å². The standard InChI is InChI=1S/C14H20N2O2S/c1-2-11-14(17)16(10-5-7-18-8-6-10)13(15-11)12-4-3-9-19-12/h3-4,9-11,13,15H,2,5-8H2,1H3. The molecular weight excluding hydrogens is 260 g/mol. The molecule has 2 atom stereocenters. The predicted octanol–water partition coefficient (Wildman–Crippen LogP) is 2.14. The molecular formula is C14H20N2O2S. The molecule has 1 aromatic rings. The second-order valence-electron chi connectivity index (χ2n) is 5.13. The summed E-state index contributed by atoms with van der Waals surface area (Å²) in [6.07, 6.45) is 2.80. The molecule has 2 unspecified atom stereocenters. The number of amides is 1. The molecule has 104 valence electrons. The van der Waals surface area contributed by atoms with E-state index >= 15 is 0 Å². The van der Waals surface area contributed by atoms with Gasteiger partial charge < -0.3 is 9.64 Å². The van der Waals surface area contributed by atoms with Crippen molar-refractivity contribution in [3.8, 4) is 0 Å². The van der Waals surface area contributed by atoms with Crippen molar-refractivity contribution in [2.45, 2.75) is 44.4 Å². The molecule has 0 radical (unpaired) electrons. The lowest BCUT2D eigenvalue weighted by molar-refractivity contribution is -0.134. The lowest BCUT2D eigenvalue weighted by atomic mass is 10.1. The van der Waals surface area contributed by atoms with Crippen LogP contribution in [0.3, 0.4) is 0 Å². The van der Waals surface area contributed by atoms with Crippen LogP contribution in [0.25, 0.3) is 0 Å². The average Bonchev–Trinajstić information content (AvgIpc) is 3.07. The maximum atomic E-state index is 12.6. The minimum atomic E-state index is -0.0325. The second-order valence-corrected chi connectivity index (χ2v) is 6.11. The third-order valence-corrected chi connectivity index (χ3v) is 4.92. The first-order valence-corrected chi connectivity index (χ1v) is 7.88. The summed E-state index contributed by atoms with van der Waals surface area (Å²) in [7, 11) is 0. The minimum absolute atomic E-state index is 0.0325. The van der Waals surface area contributed by atoms with Crippen LogP contribution in [0, 0.1) is 0 Å². The smallest absolute Gasteiger partial charge is 0.241 e. The van der Waals surface area contributed by atoms with Crippen molar-refractivity contribution in [1.82, 2.24) is 10.2 Å². The fourth-order valence-electron chi connectivity index (χ4n) is 2.96. The molecule has 1 N–H and O–H groups in total. The molecule has 5 heteroatoms. The van der Waals surface area contributed by atoms with Gasteiger partial charge in [0.15, 0.2) is 0 Å². The van der Waals surface area contributed by atoms with Gasteiger partial charge in [0.1, 0.15) is 6.17 Å². The van der Waals surface area contributed by atoms with Crippen LogP contribution < -0.4 is 5.32 Å². The highest BCUT2D eigenvalue weighted by atomic mass is 32.1. The van der Waals surface area contributed by atoms with E-state index in [4.69, 9.17) is 4.74 Å². The van der Waals surface area contributed by atoms with E-state index in [1.807, 2.05) is 6.07 Å². The molecule has 2 aliphatic heterocycles. The zero-order valence-corrected chi connectivity index (χ0v) is 12.0. The lowest BCUT2D eigenvalue weighted by Gasteiger charge is -2.34. The molecule has 2 saturated heterocycles. The summed E-state index contributed by atoms with van der Waals surface area (Å²) < 4.78 is 5.42. The Labute approximate surface area is 117 Å². The molecule has 1 amide bonds. The minimum Gasteiger partial charge on any atom is -0.381 e. The maximum absolute atomic E-state index is 12.6. The van der Waals surface area contributed by atoms with E-state index in [2.05, 4.69) is 28.6 Å². The van der Waals surface area contributed by atoms with Gasteiger partial charge in [-0.2, -0.15) is 0 Å². The number of nitrogens with zero attached hydrogens (tertiary/aromatic N) is 1. The zero-order valence-electron chi connectivity index (χ0n) is 11.2. The summed E-state index contributed by atoms with van der Waals surface area (Å²) in [5.74, 6) is 0.257. The van der Waals surface area contributed by atoms with E-state index in [1.54, 1.807) is 11.3 Å². The Balaban J connectivity index is 1.85. The average molecular weight is 280 g/mol. The number of carbonyl (C=O) groups is 1. The molecule has 4 nitrogen and oxygen atoms in total. The summed E-state index contributed by atoms with van der Waals surface area (Å²) in [6, 6.07) is 4.44. The van der Waals surface area contributed by atoms with Crippen LogP contribution in [0.2, 0.25) is 0 Å². The Morgan fingerprint density at radius 2 is 2.26 bits per heavy atom. The Kier molecular flexibility index (Phi) is 3.86. The van der Waals surface area contributed by atoms with Crippen molar-refractivity contribution in [3.63, 3.8) is 0 Å². The predicted molar refractivity (Wildman–Crippen MR) is 75.0 cm³/mol. The monoisotopic (exact) mass is 280 g/mol. The molecule has 2 aliphatic rings. The number of thiophene rings is 1. The molecule has 0 bridgehead atoms. The van der Waals surface area contributed by atoms with E-state index < -0.39 is 0 Å². The van der Waals surface area contributed by atoms with Crippen LogP contribution in [0.15, 0.2) is 17.5 Å². The van der Waals surface area contributed by atoms with Gasteiger partial charge >= 0.3 is 0 Å². The summed E-state index contributed by atoms with van der Waals surface area (Å²) in [4.78, 5) is 15.9. The van der Waals surface area contributed by atoms with Crippen LogP contribution in [0.4, 0.5) is 0 Å². The van der Waals surface area contributed by atoms with E-state index in [9.17, 15) is 4.79 Å². The molecule has 1 aromatic heterocycles. The van der Waals surface area contributed by atoms with Gasteiger partial charge in [0.2, 0.25) is 5.91 Å². The molecule has 0 aliphatic carbocycles. The molecule has 0 aromatic carbocycles. The highest BCUT2D eigenvalue weighted by molar-refractivity contribution is 7.10. The van der Waals surface area contributed by atoms with Crippen molar-refractivity contribution in [2.75, 3.05) is 13.2 Å². The van der Waals surface area contributed by atoms with Crippen molar-refractivity contribution >= 4 is 17.2 Å². The van der Waals surface area contributed by atoms with Gasteiger partial charge in [0, 0.05) is 24.1 Å². The van der Waals surface area contributed by atoms with Crippen molar-refractivity contribution in [3.05, 3.63) is 22.4 Å². The van der Waals surface area contributed by atoms with Gasteiger partial charge in [-0.1, -0.05) is 13.0 Å². The molecule has 0 spiro atoms. The second kappa shape index (κ2) is 5.61. The Morgan fingerprint density at radius 1 is 1.47 bits per heavy atom. The summed E-state index contributed by atoms with van der Waals surface area (Å²) in [6.45, 7) is 3.60. The first-order valence-electron chi connectivity index (χ1n) is 7.00. The van der Waals surface area contributed by atoms with Crippen LogP contribution in [-0.4, -0.2) is 36.1 Å². The van der Waals surface area contributed by atoms with Crippen molar-refractivity contribution < 1.29 is 9.53 Å². The van der Waals surface area contributed by atoms with Crippen LogP contribution in [-0.2, 0) is 9.53 Å². The molecule has 3 heterocycles. The van der Waals surface area contributed by atoms with E-state index in [-0.39, 0.29) is 18.1 Å². The van der Waals surface area contributed by atoms with Gasteiger partial charge in [-0.05, 0) is 30.7 Å². The molecule has 3 rings (SSSR count). The van der Waals surface area contributed by atoms with Gasteiger partial charge in [0.05, 0.1) is 6.04 Å². The van der Waals surface area contributed by atoms with Crippen LogP contribution in [0.1, 0.15) is 37.2 Å². The van der Waals surface area contributed by atoms with Crippen molar-refractivity contribution in [1.29, 1.82) is 0 Å². The maximum Gasteiger partial charge on any atom is 0.241 e. The summed E-state index contributed by atoms with van der Waals surface area (Å²) >= 11 is 1.71. The van der Waals surface area contributed by atoms with Gasteiger partial charge in [-0.3, -0.25) is 10.1 Å². The highest BCUT2D eigenvalue weighted by Gasteiger charge is 2.42. The summed E-state index contributed by atoms with van der Waals surface area (Å²) in [5.41, 5.74) is 0. The van der Waals surface area contributed by atoms with Crippen LogP contribution in [0.5, 0.6) is 0 Å². The normalized spacial score (nSPS) is 29.1. The fraction of sp³-hybridized carbons (Fsp3) is 0.643. The SMILES string of the molecule is CCC1NC(c2cccs2)N(C2CCOCC2)C1=O. The Morgan fingerprint density at radius 3 is 2.89 bits per heavy atom. The molecule has 0 saturated carbocycles. The van der Waals surface area contributed by atoms with Gasteiger partial charge in [0.25, 0.3) is 0 Å². The summed E-state index contributed by atoms with van der Waals surface area (Å²) in [5, 5.41) is 5.56. The first kappa shape index (κ1) is 13.1. The third kappa shape index (κ3) is 2.42. The largest absolute Gasteiger partial charge is 0.381 e. The fourth-order valence-corrected chi connectivity index (χ4v) is 3.74. The quantitative estimate of drug-likeness (QED) is 0.922. The number of hydrogen-bond acceptors (Lipinski definition) is 4. The molecule has 2 fully saturated rings. The van der Waals surface area contributed by atoms with Crippen LogP contribution >= 0.6 is 11.3 Å². The zero-order chi connectivity index (χ0) is 13.2.